The normalized spacial score (nSPS) is 15.5. The summed E-state index contributed by atoms with van der Waals surface area (Å²) in [6.07, 6.45) is 18.2. The van der Waals surface area contributed by atoms with Gasteiger partial charge in [0.25, 0.3) is 0 Å². The average Bonchev–Trinajstić information content (AvgIpc) is 2.82. The van der Waals surface area contributed by atoms with Crippen LogP contribution in [0, 0.1) is 0 Å². The molecule has 0 aromatic carbocycles. The van der Waals surface area contributed by atoms with Gasteiger partial charge in [0.1, 0.15) is 12.2 Å². The lowest BCUT2D eigenvalue weighted by Crippen LogP contribution is -2.53. The molecule has 0 aliphatic heterocycles. The molecule has 0 aliphatic rings. The van der Waals surface area contributed by atoms with E-state index in [4.69, 9.17) is 0 Å². The third kappa shape index (κ3) is 18.1. The van der Waals surface area contributed by atoms with Crippen molar-refractivity contribution in [2.75, 3.05) is 6.61 Å². The predicted octanol–water partition coefficient (Wildman–Crippen LogP) is 4.77. The van der Waals surface area contributed by atoms with Crippen LogP contribution in [-0.2, 0) is 4.79 Å². The zero-order chi connectivity index (χ0) is 24.7. The first kappa shape index (κ1) is 32.0. The lowest BCUT2D eigenvalue weighted by molar-refractivity contribution is -0.132. The molecule has 0 saturated carbocycles. The molecule has 196 valence electrons. The highest BCUT2D eigenvalue weighted by Gasteiger charge is 2.28. The Hall–Kier alpha value is -0.950. The molecule has 0 aromatic heterocycles. The Balaban J connectivity index is 4.05. The van der Waals surface area contributed by atoms with Crippen LogP contribution in [0.3, 0.4) is 0 Å². The van der Waals surface area contributed by atoms with Crippen molar-refractivity contribution in [3.63, 3.8) is 0 Å². The average molecular weight is 472 g/mol. The monoisotopic (exact) mass is 471 g/mol. The molecule has 5 N–H and O–H groups in total. The van der Waals surface area contributed by atoms with E-state index in [0.717, 1.165) is 38.5 Å². The van der Waals surface area contributed by atoms with Crippen molar-refractivity contribution in [3.05, 3.63) is 12.2 Å². The fraction of sp³-hybridized carbons (Fsp3) is 0.889. The second kappa shape index (κ2) is 22.8. The minimum Gasteiger partial charge on any atom is -0.394 e. The Kier molecular flexibility index (Phi) is 22.2. The van der Waals surface area contributed by atoms with Gasteiger partial charge in [0.2, 0.25) is 5.91 Å². The van der Waals surface area contributed by atoms with Crippen LogP contribution >= 0.6 is 0 Å². The number of aliphatic hydroxyl groups excluding tert-OH is 4. The molecular weight excluding hydrogens is 418 g/mol. The van der Waals surface area contributed by atoms with E-state index in [0.29, 0.717) is 12.8 Å². The second-order valence-corrected chi connectivity index (χ2v) is 9.39. The number of aliphatic hydroxyl groups is 4. The van der Waals surface area contributed by atoms with Crippen LogP contribution in [0.4, 0.5) is 0 Å². The summed E-state index contributed by atoms with van der Waals surface area (Å²) < 4.78 is 0. The summed E-state index contributed by atoms with van der Waals surface area (Å²) in [5.41, 5.74) is 0. The maximum atomic E-state index is 12.2. The highest BCUT2D eigenvalue weighted by Crippen LogP contribution is 2.13. The van der Waals surface area contributed by atoms with Gasteiger partial charge in [0.15, 0.2) is 0 Å². The first-order chi connectivity index (χ1) is 16.0. The summed E-state index contributed by atoms with van der Waals surface area (Å²) >= 11 is 0. The summed E-state index contributed by atoms with van der Waals surface area (Å²) in [7, 11) is 0. The summed E-state index contributed by atoms with van der Waals surface area (Å²) in [5, 5.41) is 42.7. The van der Waals surface area contributed by atoms with Crippen LogP contribution in [0.5, 0.6) is 0 Å². The van der Waals surface area contributed by atoms with Gasteiger partial charge in [-0.15, -0.1) is 0 Å². The molecule has 0 fully saturated rings. The molecule has 4 atom stereocenters. The number of amides is 1. The quantitative estimate of drug-likeness (QED) is 0.109. The Morgan fingerprint density at radius 1 is 0.727 bits per heavy atom. The minimum absolute atomic E-state index is 0.363. The first-order valence-corrected chi connectivity index (χ1v) is 13.6. The highest BCUT2D eigenvalue weighted by atomic mass is 16.3. The van der Waals surface area contributed by atoms with Crippen LogP contribution in [0.2, 0.25) is 0 Å². The summed E-state index contributed by atoms with van der Waals surface area (Å²) in [5.74, 6) is -0.603. The van der Waals surface area contributed by atoms with Crippen molar-refractivity contribution in [2.24, 2.45) is 0 Å². The largest absolute Gasteiger partial charge is 0.394 e. The molecule has 0 saturated heterocycles. The van der Waals surface area contributed by atoms with Crippen molar-refractivity contribution in [2.45, 2.75) is 147 Å². The van der Waals surface area contributed by atoms with E-state index in [1.807, 2.05) is 0 Å². The van der Waals surface area contributed by atoms with Crippen molar-refractivity contribution in [3.8, 4) is 0 Å². The minimum atomic E-state index is -1.27. The zero-order valence-corrected chi connectivity index (χ0v) is 21.4. The van der Waals surface area contributed by atoms with Crippen molar-refractivity contribution in [1.82, 2.24) is 5.32 Å². The molecule has 6 heteroatoms. The molecule has 4 unspecified atom stereocenters. The molecule has 6 nitrogen and oxygen atoms in total. The van der Waals surface area contributed by atoms with Crippen molar-refractivity contribution >= 4 is 5.91 Å². The van der Waals surface area contributed by atoms with Crippen LogP contribution in [0.15, 0.2) is 12.2 Å². The van der Waals surface area contributed by atoms with Crippen LogP contribution in [0.25, 0.3) is 0 Å². The second-order valence-electron chi connectivity index (χ2n) is 9.39. The Bertz CT molecular complexity index is 471. The molecule has 0 radical (unpaired) electrons. The molecule has 33 heavy (non-hydrogen) atoms. The van der Waals surface area contributed by atoms with Gasteiger partial charge in [-0.3, -0.25) is 4.79 Å². The SMILES string of the molecule is CCCCCC/C=C/CCCC(O)C(O)C(CO)NC(=O)C(O)CCCCCCCCCC. The summed E-state index contributed by atoms with van der Waals surface area (Å²) in [6, 6.07) is -0.991. The van der Waals surface area contributed by atoms with E-state index in [1.165, 1.54) is 57.8 Å². The lowest BCUT2D eigenvalue weighted by Gasteiger charge is -2.27. The highest BCUT2D eigenvalue weighted by molar-refractivity contribution is 5.80. The van der Waals surface area contributed by atoms with Gasteiger partial charge < -0.3 is 25.7 Å². The molecule has 0 rings (SSSR count). The van der Waals surface area contributed by atoms with Gasteiger partial charge >= 0.3 is 0 Å². The molecule has 0 aromatic rings. The van der Waals surface area contributed by atoms with E-state index >= 15 is 0 Å². The molecule has 0 bridgehead atoms. The number of unbranched alkanes of at least 4 members (excludes halogenated alkanes) is 12. The van der Waals surface area contributed by atoms with Crippen molar-refractivity contribution in [1.29, 1.82) is 0 Å². The van der Waals surface area contributed by atoms with Crippen LogP contribution in [0.1, 0.15) is 123 Å². The maximum Gasteiger partial charge on any atom is 0.249 e. The third-order valence-corrected chi connectivity index (χ3v) is 6.23. The van der Waals surface area contributed by atoms with E-state index in [-0.39, 0.29) is 0 Å². The Morgan fingerprint density at radius 2 is 1.24 bits per heavy atom. The molecular formula is C27H53NO5. The summed E-state index contributed by atoms with van der Waals surface area (Å²) in [6.45, 7) is 3.90. The van der Waals surface area contributed by atoms with Gasteiger partial charge in [-0.25, -0.2) is 0 Å². The van der Waals surface area contributed by atoms with Crippen molar-refractivity contribution < 1.29 is 25.2 Å². The van der Waals surface area contributed by atoms with Gasteiger partial charge in [0, 0.05) is 0 Å². The standard InChI is InChI=1S/C27H53NO5/c1-3-5-7-9-11-13-15-16-18-20-24(30)26(32)23(22-29)28-27(33)25(31)21-19-17-14-12-10-8-6-4-2/h13,15,23-26,29-32H,3-12,14,16-22H2,1-2H3,(H,28,33)/b15-13+. The van der Waals surface area contributed by atoms with Crippen LogP contribution < -0.4 is 5.32 Å². The number of carbonyl (C=O) groups excluding carboxylic acids is 1. The fourth-order valence-corrected chi connectivity index (χ4v) is 3.93. The lowest BCUT2D eigenvalue weighted by atomic mass is 10.00. The number of allylic oxidation sites excluding steroid dienone is 2. The van der Waals surface area contributed by atoms with Gasteiger partial charge in [-0.2, -0.15) is 0 Å². The number of hydrogen-bond donors (Lipinski definition) is 5. The van der Waals surface area contributed by atoms with E-state index in [1.54, 1.807) is 0 Å². The van der Waals surface area contributed by atoms with E-state index in [2.05, 4.69) is 31.3 Å². The summed E-state index contributed by atoms with van der Waals surface area (Å²) in [4.78, 5) is 12.2. The molecule has 0 heterocycles. The van der Waals surface area contributed by atoms with Crippen LogP contribution in [-0.4, -0.2) is 57.3 Å². The smallest absolute Gasteiger partial charge is 0.249 e. The Labute approximate surface area is 202 Å². The van der Waals surface area contributed by atoms with Gasteiger partial charge in [-0.05, 0) is 38.5 Å². The number of hydrogen-bond acceptors (Lipinski definition) is 5. The topological polar surface area (TPSA) is 110 Å². The fourth-order valence-electron chi connectivity index (χ4n) is 3.93. The Morgan fingerprint density at radius 3 is 1.82 bits per heavy atom. The number of rotatable bonds is 23. The first-order valence-electron chi connectivity index (χ1n) is 13.6. The third-order valence-electron chi connectivity index (χ3n) is 6.23. The molecule has 0 spiro atoms. The zero-order valence-electron chi connectivity index (χ0n) is 21.4. The number of nitrogens with one attached hydrogen (secondary N) is 1. The number of carbonyl (C=O) groups is 1. The van der Waals surface area contributed by atoms with E-state index in [9.17, 15) is 25.2 Å². The van der Waals surface area contributed by atoms with Gasteiger partial charge in [0.05, 0.1) is 18.8 Å². The maximum absolute atomic E-state index is 12.2. The molecule has 1 amide bonds. The van der Waals surface area contributed by atoms with E-state index < -0.39 is 36.9 Å². The predicted molar refractivity (Wildman–Crippen MR) is 136 cm³/mol. The molecule has 0 aliphatic carbocycles. The van der Waals surface area contributed by atoms with Gasteiger partial charge in [-0.1, -0.05) is 96.6 Å².